The van der Waals surface area contributed by atoms with Gasteiger partial charge in [-0.05, 0) is 23.8 Å². The van der Waals surface area contributed by atoms with Crippen molar-refractivity contribution in [3.63, 3.8) is 0 Å². The molecular weight excluding hydrogens is 418 g/mol. The van der Waals surface area contributed by atoms with Crippen LogP contribution in [0.5, 0.6) is 0 Å². The molecule has 0 atom stereocenters. The minimum atomic E-state index is -0.0718. The molecule has 0 aliphatic carbocycles. The third-order valence-corrected chi connectivity index (χ3v) is 6.59. The molecule has 0 amide bonds. The molecule has 30 heavy (non-hydrogen) atoms. The van der Waals surface area contributed by atoms with Gasteiger partial charge in [0.25, 0.3) is 5.56 Å². The van der Waals surface area contributed by atoms with Crippen molar-refractivity contribution in [2.75, 3.05) is 31.1 Å². The Hall–Kier alpha value is -2.74. The molecule has 4 heterocycles. The summed E-state index contributed by atoms with van der Waals surface area (Å²) < 4.78 is 0. The van der Waals surface area contributed by atoms with Crippen LogP contribution in [0.25, 0.3) is 20.7 Å². The summed E-state index contributed by atoms with van der Waals surface area (Å²) in [6.45, 7) is 4.14. The van der Waals surface area contributed by atoms with Crippen LogP contribution in [0.1, 0.15) is 5.82 Å². The van der Waals surface area contributed by atoms with E-state index in [4.69, 9.17) is 16.6 Å². The zero-order valence-electron chi connectivity index (χ0n) is 16.2. The number of piperazine rings is 1. The number of aromatic amines is 1. The van der Waals surface area contributed by atoms with Gasteiger partial charge in [-0.25, -0.2) is 9.97 Å². The number of hydrogen-bond donors (Lipinski definition) is 1. The standard InChI is InChI=1S/C22H20ClN5OS/c23-16-6-7-20(24-13-16)28-10-8-27(9-11-28)14-19-25-21(29)17-12-18(30-22(17)26-19)15-4-2-1-3-5-15/h1-7,12-13H,8-11,14H2,(H,25,26,29). The van der Waals surface area contributed by atoms with E-state index in [1.54, 1.807) is 17.5 Å². The summed E-state index contributed by atoms with van der Waals surface area (Å²) in [6.07, 6.45) is 1.68. The zero-order chi connectivity index (χ0) is 20.5. The van der Waals surface area contributed by atoms with E-state index in [9.17, 15) is 4.79 Å². The van der Waals surface area contributed by atoms with Gasteiger partial charge in [-0.1, -0.05) is 41.9 Å². The van der Waals surface area contributed by atoms with E-state index in [0.29, 0.717) is 22.8 Å². The second-order valence-corrected chi connectivity index (χ2v) is 8.77. The molecule has 0 radical (unpaired) electrons. The second kappa shape index (κ2) is 8.18. The predicted molar refractivity (Wildman–Crippen MR) is 122 cm³/mol. The number of anilines is 1. The van der Waals surface area contributed by atoms with Gasteiger partial charge in [0.1, 0.15) is 16.5 Å². The Morgan fingerprint density at radius 2 is 1.87 bits per heavy atom. The van der Waals surface area contributed by atoms with Crippen LogP contribution in [0, 0.1) is 0 Å². The van der Waals surface area contributed by atoms with Crippen molar-refractivity contribution in [1.82, 2.24) is 19.9 Å². The minimum Gasteiger partial charge on any atom is -0.354 e. The summed E-state index contributed by atoms with van der Waals surface area (Å²) in [7, 11) is 0. The van der Waals surface area contributed by atoms with Crippen LogP contribution in [-0.2, 0) is 6.54 Å². The number of nitrogens with one attached hydrogen (secondary N) is 1. The van der Waals surface area contributed by atoms with Gasteiger partial charge in [0.15, 0.2) is 0 Å². The summed E-state index contributed by atoms with van der Waals surface area (Å²) in [5.41, 5.74) is 1.03. The molecule has 1 aliphatic heterocycles. The van der Waals surface area contributed by atoms with Gasteiger partial charge in [-0.3, -0.25) is 9.69 Å². The number of aromatic nitrogens is 3. The zero-order valence-corrected chi connectivity index (χ0v) is 17.8. The summed E-state index contributed by atoms with van der Waals surface area (Å²) >= 11 is 7.49. The van der Waals surface area contributed by atoms with Crippen molar-refractivity contribution in [3.8, 4) is 10.4 Å². The number of H-pyrrole nitrogens is 1. The first-order valence-electron chi connectivity index (χ1n) is 9.83. The molecule has 3 aromatic heterocycles. The lowest BCUT2D eigenvalue weighted by Gasteiger charge is -2.35. The normalized spacial score (nSPS) is 15.0. The third kappa shape index (κ3) is 3.96. The van der Waals surface area contributed by atoms with Crippen molar-refractivity contribution in [3.05, 3.63) is 75.9 Å². The van der Waals surface area contributed by atoms with Crippen LogP contribution in [0.3, 0.4) is 0 Å². The number of nitrogens with zero attached hydrogens (tertiary/aromatic N) is 4. The Bertz CT molecular complexity index is 1210. The van der Waals surface area contributed by atoms with Crippen molar-refractivity contribution in [2.45, 2.75) is 6.54 Å². The molecule has 4 aromatic rings. The molecule has 5 rings (SSSR count). The number of hydrogen-bond acceptors (Lipinski definition) is 6. The number of benzene rings is 1. The molecular formula is C22H20ClN5OS. The maximum absolute atomic E-state index is 12.6. The van der Waals surface area contributed by atoms with Gasteiger partial charge in [-0.15, -0.1) is 11.3 Å². The van der Waals surface area contributed by atoms with Gasteiger partial charge in [-0.2, -0.15) is 0 Å². The Balaban J connectivity index is 1.30. The van der Waals surface area contributed by atoms with Crippen LogP contribution >= 0.6 is 22.9 Å². The minimum absolute atomic E-state index is 0.0718. The predicted octanol–water partition coefficient (Wildman–Crippen LogP) is 4.02. The average Bonchev–Trinajstić information content (AvgIpc) is 3.20. The largest absolute Gasteiger partial charge is 0.354 e. The van der Waals surface area contributed by atoms with Gasteiger partial charge in [0.05, 0.1) is 17.0 Å². The average molecular weight is 438 g/mol. The van der Waals surface area contributed by atoms with E-state index in [-0.39, 0.29) is 5.56 Å². The fourth-order valence-corrected chi connectivity index (χ4v) is 4.87. The third-order valence-electron chi connectivity index (χ3n) is 5.29. The topological polar surface area (TPSA) is 65.1 Å². The van der Waals surface area contributed by atoms with E-state index < -0.39 is 0 Å². The Kier molecular flexibility index (Phi) is 5.25. The molecule has 0 bridgehead atoms. The molecule has 0 spiro atoms. The molecule has 8 heteroatoms. The number of thiophene rings is 1. The van der Waals surface area contributed by atoms with Gasteiger partial charge in [0.2, 0.25) is 0 Å². The van der Waals surface area contributed by atoms with E-state index in [1.807, 2.05) is 36.4 Å². The fraction of sp³-hybridized carbons (Fsp3) is 0.227. The first-order valence-corrected chi connectivity index (χ1v) is 11.0. The lowest BCUT2D eigenvalue weighted by Crippen LogP contribution is -2.46. The molecule has 1 aromatic carbocycles. The van der Waals surface area contributed by atoms with Crippen LogP contribution in [-0.4, -0.2) is 46.0 Å². The molecule has 1 saturated heterocycles. The number of fused-ring (bicyclic) bond motifs is 1. The Morgan fingerprint density at radius 3 is 2.60 bits per heavy atom. The van der Waals surface area contributed by atoms with E-state index >= 15 is 0 Å². The molecule has 1 fully saturated rings. The summed E-state index contributed by atoms with van der Waals surface area (Å²) in [5.74, 6) is 1.66. The summed E-state index contributed by atoms with van der Waals surface area (Å²) in [4.78, 5) is 31.1. The van der Waals surface area contributed by atoms with E-state index in [1.165, 1.54) is 0 Å². The van der Waals surface area contributed by atoms with E-state index in [0.717, 1.165) is 47.3 Å². The highest BCUT2D eigenvalue weighted by atomic mass is 35.5. The molecule has 0 unspecified atom stereocenters. The quantitative estimate of drug-likeness (QED) is 0.522. The molecule has 152 valence electrons. The van der Waals surface area contributed by atoms with Gasteiger partial charge in [0, 0.05) is 37.3 Å². The highest BCUT2D eigenvalue weighted by Gasteiger charge is 2.19. The first kappa shape index (κ1) is 19.2. The van der Waals surface area contributed by atoms with Gasteiger partial charge >= 0.3 is 0 Å². The SMILES string of the molecule is O=c1[nH]c(CN2CCN(c3ccc(Cl)cn3)CC2)nc2sc(-c3ccccc3)cc12. The molecule has 6 nitrogen and oxygen atoms in total. The maximum Gasteiger partial charge on any atom is 0.259 e. The fourth-order valence-electron chi connectivity index (χ4n) is 3.70. The highest BCUT2D eigenvalue weighted by molar-refractivity contribution is 7.21. The van der Waals surface area contributed by atoms with Crippen molar-refractivity contribution in [2.24, 2.45) is 0 Å². The van der Waals surface area contributed by atoms with Crippen LogP contribution < -0.4 is 10.5 Å². The molecule has 1 aliphatic rings. The van der Waals surface area contributed by atoms with E-state index in [2.05, 4.69) is 31.9 Å². The summed E-state index contributed by atoms with van der Waals surface area (Å²) in [6, 6.07) is 15.8. The van der Waals surface area contributed by atoms with Crippen molar-refractivity contribution in [1.29, 1.82) is 0 Å². The Morgan fingerprint density at radius 1 is 1.07 bits per heavy atom. The number of halogens is 1. The molecule has 0 saturated carbocycles. The highest BCUT2D eigenvalue weighted by Crippen LogP contribution is 2.30. The lowest BCUT2D eigenvalue weighted by molar-refractivity contribution is 0.243. The maximum atomic E-state index is 12.6. The smallest absolute Gasteiger partial charge is 0.259 e. The second-order valence-electron chi connectivity index (χ2n) is 7.31. The Labute approximate surface area is 182 Å². The van der Waals surface area contributed by atoms with Crippen LogP contribution in [0.4, 0.5) is 5.82 Å². The number of pyridine rings is 1. The molecule has 1 N–H and O–H groups in total. The van der Waals surface area contributed by atoms with Crippen LogP contribution in [0.15, 0.2) is 59.5 Å². The lowest BCUT2D eigenvalue weighted by atomic mass is 10.2. The van der Waals surface area contributed by atoms with Crippen LogP contribution in [0.2, 0.25) is 5.02 Å². The monoisotopic (exact) mass is 437 g/mol. The van der Waals surface area contributed by atoms with Gasteiger partial charge < -0.3 is 9.88 Å². The first-order chi connectivity index (χ1) is 14.7. The number of rotatable bonds is 4. The summed E-state index contributed by atoms with van der Waals surface area (Å²) in [5, 5.41) is 1.30. The van der Waals surface area contributed by atoms with Crippen molar-refractivity contribution >= 4 is 39.0 Å². The van der Waals surface area contributed by atoms with Crippen molar-refractivity contribution < 1.29 is 0 Å².